The Bertz CT molecular complexity index is 948. The molecule has 0 saturated carbocycles. The number of hydrogen-bond donors (Lipinski definition) is 1. The van der Waals surface area contributed by atoms with E-state index in [2.05, 4.69) is 26.1 Å². The van der Waals surface area contributed by atoms with Crippen LogP contribution < -0.4 is 10.1 Å². The number of furan rings is 1. The van der Waals surface area contributed by atoms with Crippen LogP contribution in [0.2, 0.25) is 0 Å². The minimum absolute atomic E-state index is 0.00955. The molecule has 0 radical (unpaired) electrons. The SMILES string of the molecule is COc1ccc(C(C)(C)C)cc1NC(=O)Cc1coc2cc(C)ccc12. The van der Waals surface area contributed by atoms with Gasteiger partial charge in [0.25, 0.3) is 0 Å². The van der Waals surface area contributed by atoms with Crippen molar-refractivity contribution in [2.24, 2.45) is 0 Å². The van der Waals surface area contributed by atoms with Gasteiger partial charge in [0.2, 0.25) is 5.91 Å². The minimum atomic E-state index is -0.0994. The number of anilines is 1. The Hall–Kier alpha value is -2.75. The van der Waals surface area contributed by atoms with Crippen molar-refractivity contribution in [3.63, 3.8) is 0 Å². The van der Waals surface area contributed by atoms with Gasteiger partial charge in [-0.2, -0.15) is 0 Å². The number of hydrogen-bond acceptors (Lipinski definition) is 3. The molecule has 4 nitrogen and oxygen atoms in total. The first-order valence-corrected chi connectivity index (χ1v) is 8.73. The Balaban J connectivity index is 1.83. The van der Waals surface area contributed by atoms with Crippen LogP contribution in [0, 0.1) is 6.92 Å². The van der Waals surface area contributed by atoms with E-state index in [1.54, 1.807) is 13.4 Å². The molecule has 0 atom stereocenters. The Kier molecular flexibility index (Phi) is 4.77. The molecule has 3 rings (SSSR count). The Morgan fingerprint density at radius 2 is 1.92 bits per heavy atom. The van der Waals surface area contributed by atoms with Crippen molar-refractivity contribution in [1.29, 1.82) is 0 Å². The molecule has 4 heteroatoms. The van der Waals surface area contributed by atoms with Gasteiger partial charge in [0, 0.05) is 10.9 Å². The molecule has 1 amide bonds. The summed E-state index contributed by atoms with van der Waals surface area (Å²) in [6, 6.07) is 11.9. The lowest BCUT2D eigenvalue weighted by molar-refractivity contribution is -0.115. The van der Waals surface area contributed by atoms with E-state index in [1.165, 1.54) is 0 Å². The third-order valence-corrected chi connectivity index (χ3v) is 4.50. The summed E-state index contributed by atoms with van der Waals surface area (Å²) >= 11 is 0. The van der Waals surface area contributed by atoms with Crippen LogP contribution in [0.5, 0.6) is 5.75 Å². The predicted octanol–water partition coefficient (Wildman–Crippen LogP) is 5.23. The van der Waals surface area contributed by atoms with Gasteiger partial charge >= 0.3 is 0 Å². The summed E-state index contributed by atoms with van der Waals surface area (Å²) in [6.45, 7) is 8.43. The van der Waals surface area contributed by atoms with Crippen molar-refractivity contribution < 1.29 is 13.9 Å². The van der Waals surface area contributed by atoms with Crippen LogP contribution >= 0.6 is 0 Å². The van der Waals surface area contributed by atoms with Gasteiger partial charge in [0.05, 0.1) is 25.5 Å². The normalized spacial score (nSPS) is 11.6. The Morgan fingerprint density at radius 3 is 2.62 bits per heavy atom. The molecule has 0 spiro atoms. The van der Waals surface area contributed by atoms with Crippen LogP contribution in [0.15, 0.2) is 47.1 Å². The highest BCUT2D eigenvalue weighted by Crippen LogP contribution is 2.31. The number of ether oxygens (including phenoxy) is 1. The summed E-state index contributed by atoms with van der Waals surface area (Å²) in [7, 11) is 1.60. The molecular formula is C22H25NO3. The maximum atomic E-state index is 12.6. The van der Waals surface area contributed by atoms with Gasteiger partial charge in [-0.1, -0.05) is 39.0 Å². The van der Waals surface area contributed by atoms with E-state index in [-0.39, 0.29) is 17.7 Å². The lowest BCUT2D eigenvalue weighted by Gasteiger charge is -2.21. The maximum absolute atomic E-state index is 12.6. The Morgan fingerprint density at radius 1 is 1.15 bits per heavy atom. The van der Waals surface area contributed by atoms with Gasteiger partial charge in [-0.3, -0.25) is 4.79 Å². The van der Waals surface area contributed by atoms with Crippen molar-refractivity contribution in [2.75, 3.05) is 12.4 Å². The van der Waals surface area contributed by atoms with Crippen LogP contribution in [0.1, 0.15) is 37.5 Å². The number of benzene rings is 2. The van der Waals surface area contributed by atoms with Gasteiger partial charge in [0.15, 0.2) is 0 Å². The second-order valence-electron chi connectivity index (χ2n) is 7.65. The number of rotatable bonds is 4. The number of aryl methyl sites for hydroxylation is 1. The zero-order chi connectivity index (χ0) is 18.9. The first kappa shape index (κ1) is 18.1. The summed E-state index contributed by atoms with van der Waals surface area (Å²) in [4.78, 5) is 12.6. The lowest BCUT2D eigenvalue weighted by atomic mass is 9.87. The quantitative estimate of drug-likeness (QED) is 0.700. The summed E-state index contributed by atoms with van der Waals surface area (Å²) in [5.41, 5.74) is 4.63. The van der Waals surface area contributed by atoms with Crippen molar-refractivity contribution in [3.8, 4) is 5.75 Å². The average molecular weight is 351 g/mol. The fourth-order valence-corrected chi connectivity index (χ4v) is 2.97. The fraction of sp³-hybridized carbons (Fsp3) is 0.318. The van der Waals surface area contributed by atoms with Crippen LogP contribution in [0.4, 0.5) is 5.69 Å². The van der Waals surface area contributed by atoms with E-state index in [4.69, 9.17) is 9.15 Å². The van der Waals surface area contributed by atoms with Crippen molar-refractivity contribution in [2.45, 2.75) is 39.5 Å². The molecule has 0 bridgehead atoms. The van der Waals surface area contributed by atoms with E-state index in [9.17, 15) is 4.79 Å². The first-order valence-electron chi connectivity index (χ1n) is 8.73. The molecule has 0 fully saturated rings. The second kappa shape index (κ2) is 6.87. The molecule has 0 aliphatic heterocycles. The van der Waals surface area contributed by atoms with E-state index >= 15 is 0 Å². The van der Waals surface area contributed by atoms with E-state index in [0.717, 1.165) is 27.7 Å². The minimum Gasteiger partial charge on any atom is -0.495 e. The van der Waals surface area contributed by atoms with Crippen LogP contribution in [-0.4, -0.2) is 13.0 Å². The number of carbonyl (C=O) groups excluding carboxylic acids is 1. The van der Waals surface area contributed by atoms with Crippen molar-refractivity contribution >= 4 is 22.6 Å². The highest BCUT2D eigenvalue weighted by molar-refractivity contribution is 5.96. The molecule has 3 aromatic rings. The van der Waals surface area contributed by atoms with Gasteiger partial charge in [0.1, 0.15) is 11.3 Å². The number of carbonyl (C=O) groups is 1. The van der Waals surface area contributed by atoms with Gasteiger partial charge in [-0.25, -0.2) is 0 Å². The van der Waals surface area contributed by atoms with Crippen LogP contribution in [-0.2, 0) is 16.6 Å². The molecule has 26 heavy (non-hydrogen) atoms. The summed E-state index contributed by atoms with van der Waals surface area (Å²) in [6.07, 6.45) is 1.91. The van der Waals surface area contributed by atoms with Crippen LogP contribution in [0.25, 0.3) is 11.0 Å². The standard InChI is InChI=1S/C22H25NO3/c1-14-6-8-17-15(13-26-20(17)10-14)11-21(24)23-18-12-16(22(2,3)4)7-9-19(18)25-5/h6-10,12-13H,11H2,1-5H3,(H,23,24). The number of methoxy groups -OCH3 is 1. The van der Waals surface area contributed by atoms with E-state index in [1.807, 2.05) is 43.3 Å². The van der Waals surface area contributed by atoms with Crippen LogP contribution in [0.3, 0.4) is 0 Å². The Labute approximate surface area is 154 Å². The molecule has 136 valence electrons. The summed E-state index contributed by atoms with van der Waals surface area (Å²) in [5, 5.41) is 3.96. The first-order chi connectivity index (χ1) is 12.3. The van der Waals surface area contributed by atoms with E-state index < -0.39 is 0 Å². The fourth-order valence-electron chi connectivity index (χ4n) is 2.97. The zero-order valence-electron chi connectivity index (χ0n) is 16.0. The molecule has 1 N–H and O–H groups in total. The summed E-state index contributed by atoms with van der Waals surface area (Å²) < 4.78 is 11.0. The maximum Gasteiger partial charge on any atom is 0.229 e. The van der Waals surface area contributed by atoms with Gasteiger partial charge in [-0.05, 0) is 41.7 Å². The highest BCUT2D eigenvalue weighted by atomic mass is 16.5. The number of nitrogens with one attached hydrogen (secondary N) is 1. The average Bonchev–Trinajstić information content (AvgIpc) is 2.95. The molecule has 0 saturated heterocycles. The number of amides is 1. The number of fused-ring (bicyclic) bond motifs is 1. The van der Waals surface area contributed by atoms with Crippen molar-refractivity contribution in [1.82, 2.24) is 0 Å². The second-order valence-corrected chi connectivity index (χ2v) is 7.65. The third-order valence-electron chi connectivity index (χ3n) is 4.50. The molecule has 1 heterocycles. The molecular weight excluding hydrogens is 326 g/mol. The summed E-state index contributed by atoms with van der Waals surface area (Å²) in [5.74, 6) is 0.552. The van der Waals surface area contributed by atoms with Crippen molar-refractivity contribution in [3.05, 3.63) is 59.4 Å². The third kappa shape index (κ3) is 3.74. The molecule has 1 aromatic heterocycles. The zero-order valence-corrected chi connectivity index (χ0v) is 16.0. The van der Waals surface area contributed by atoms with Gasteiger partial charge < -0.3 is 14.5 Å². The smallest absolute Gasteiger partial charge is 0.229 e. The predicted molar refractivity (Wildman–Crippen MR) is 105 cm³/mol. The monoisotopic (exact) mass is 351 g/mol. The molecule has 0 unspecified atom stereocenters. The molecule has 0 aliphatic carbocycles. The van der Waals surface area contributed by atoms with Gasteiger partial charge in [-0.15, -0.1) is 0 Å². The highest BCUT2D eigenvalue weighted by Gasteiger charge is 2.18. The topological polar surface area (TPSA) is 51.5 Å². The van der Waals surface area contributed by atoms with E-state index in [0.29, 0.717) is 11.4 Å². The largest absolute Gasteiger partial charge is 0.495 e. The molecule has 2 aromatic carbocycles. The lowest BCUT2D eigenvalue weighted by Crippen LogP contribution is -2.17. The molecule has 0 aliphatic rings.